The highest BCUT2D eigenvalue weighted by Gasteiger charge is 2.32. The number of benzene rings is 3. The molecule has 3 aromatic rings. The number of rotatable bonds is 4. The number of methoxy groups -OCH3 is 1. The second-order valence-electron chi connectivity index (χ2n) is 5.61. The molecule has 4 nitrogen and oxygen atoms in total. The van der Waals surface area contributed by atoms with E-state index in [1.54, 1.807) is 7.11 Å². The summed E-state index contributed by atoms with van der Waals surface area (Å²) < 4.78 is 16.8. The van der Waals surface area contributed by atoms with E-state index in [1.165, 1.54) is 0 Å². The number of ether oxygens (including phenoxy) is 3. The highest BCUT2D eigenvalue weighted by atomic mass is 16.5. The van der Waals surface area contributed by atoms with E-state index in [0.29, 0.717) is 23.7 Å². The lowest BCUT2D eigenvalue weighted by atomic mass is 9.99. The molecule has 0 spiro atoms. The first-order chi connectivity index (χ1) is 11.8. The molecule has 0 atom stereocenters. The fourth-order valence-electron chi connectivity index (χ4n) is 3.10. The van der Waals surface area contributed by atoms with E-state index in [-0.39, 0.29) is 12.6 Å². The summed E-state index contributed by atoms with van der Waals surface area (Å²) >= 11 is 0. The van der Waals surface area contributed by atoms with E-state index in [0.717, 1.165) is 21.9 Å². The Balaban J connectivity index is 1.88. The summed E-state index contributed by atoms with van der Waals surface area (Å²) in [6.07, 6.45) is 0. The molecule has 1 aliphatic heterocycles. The molecule has 3 aromatic carbocycles. The maximum Gasteiger partial charge on any atom is 0.342 e. The average molecular weight is 320 g/mol. The Hall–Kier alpha value is -3.01. The number of esters is 1. The molecule has 0 aliphatic carbocycles. The lowest BCUT2D eigenvalue weighted by Gasteiger charge is -2.16. The molecular weight excluding hydrogens is 304 g/mol. The van der Waals surface area contributed by atoms with Gasteiger partial charge in [-0.2, -0.15) is 0 Å². The summed E-state index contributed by atoms with van der Waals surface area (Å²) in [5.41, 5.74) is 2.27. The number of hydrogen-bond donors (Lipinski definition) is 0. The largest absolute Gasteiger partial charge is 0.496 e. The Morgan fingerprint density at radius 2 is 1.62 bits per heavy atom. The average Bonchev–Trinajstić information content (AvgIpc) is 3.01. The Morgan fingerprint density at radius 3 is 2.33 bits per heavy atom. The molecule has 0 unspecified atom stereocenters. The van der Waals surface area contributed by atoms with E-state index in [4.69, 9.17) is 14.2 Å². The van der Waals surface area contributed by atoms with E-state index in [9.17, 15) is 4.79 Å². The minimum atomic E-state index is -0.364. The lowest BCUT2D eigenvalue weighted by molar-refractivity contribution is 0.0531. The molecule has 0 bridgehead atoms. The van der Waals surface area contributed by atoms with Crippen molar-refractivity contribution in [1.29, 1.82) is 0 Å². The van der Waals surface area contributed by atoms with Gasteiger partial charge in [-0.25, -0.2) is 4.79 Å². The van der Waals surface area contributed by atoms with Crippen LogP contribution in [0.2, 0.25) is 0 Å². The third kappa shape index (κ3) is 2.27. The van der Waals surface area contributed by atoms with Crippen LogP contribution in [0.5, 0.6) is 11.5 Å². The van der Waals surface area contributed by atoms with Crippen molar-refractivity contribution >= 4 is 16.7 Å². The van der Waals surface area contributed by atoms with Gasteiger partial charge in [-0.1, -0.05) is 54.6 Å². The first-order valence-corrected chi connectivity index (χ1v) is 7.75. The molecule has 120 valence electrons. The monoisotopic (exact) mass is 320 g/mol. The van der Waals surface area contributed by atoms with Crippen LogP contribution in [0.15, 0.2) is 54.6 Å². The van der Waals surface area contributed by atoms with Gasteiger partial charge >= 0.3 is 5.97 Å². The van der Waals surface area contributed by atoms with E-state index in [2.05, 4.69) is 0 Å². The predicted molar refractivity (Wildman–Crippen MR) is 90.4 cm³/mol. The maximum absolute atomic E-state index is 12.3. The zero-order valence-electron chi connectivity index (χ0n) is 13.2. The minimum Gasteiger partial charge on any atom is -0.496 e. The normalized spacial score (nSPS) is 12.8. The number of cyclic esters (lactones) is 1. The molecule has 0 fully saturated rings. The highest BCUT2D eigenvalue weighted by Crippen LogP contribution is 2.44. The fraction of sp³-hybridized carbons (Fsp3) is 0.150. The van der Waals surface area contributed by atoms with Crippen molar-refractivity contribution in [2.45, 2.75) is 13.2 Å². The molecular formula is C20H16O4. The third-order valence-electron chi connectivity index (χ3n) is 4.20. The van der Waals surface area contributed by atoms with Crippen molar-refractivity contribution in [2.75, 3.05) is 7.11 Å². The van der Waals surface area contributed by atoms with Gasteiger partial charge in [-0.15, -0.1) is 0 Å². The summed E-state index contributed by atoms with van der Waals surface area (Å²) in [5.74, 6) is 0.878. The molecule has 1 aliphatic rings. The van der Waals surface area contributed by atoms with Crippen LogP contribution < -0.4 is 9.47 Å². The molecule has 4 heteroatoms. The Bertz CT molecular complexity index is 916. The zero-order valence-corrected chi connectivity index (χ0v) is 13.2. The van der Waals surface area contributed by atoms with Gasteiger partial charge in [0.05, 0.1) is 12.7 Å². The topological polar surface area (TPSA) is 44.8 Å². The van der Waals surface area contributed by atoms with Crippen LogP contribution in [0.3, 0.4) is 0 Å². The van der Waals surface area contributed by atoms with Gasteiger partial charge in [0.25, 0.3) is 0 Å². The van der Waals surface area contributed by atoms with Crippen LogP contribution in [0.4, 0.5) is 0 Å². The first-order valence-electron chi connectivity index (χ1n) is 7.75. The number of carbonyl (C=O) groups is 1. The Kier molecular flexibility index (Phi) is 3.58. The summed E-state index contributed by atoms with van der Waals surface area (Å²) in [5, 5.41) is 1.77. The van der Waals surface area contributed by atoms with Crippen LogP contribution in [0.25, 0.3) is 10.8 Å². The van der Waals surface area contributed by atoms with Crippen molar-refractivity contribution < 1.29 is 19.0 Å². The molecule has 0 saturated carbocycles. The molecule has 0 radical (unpaired) electrons. The van der Waals surface area contributed by atoms with Gasteiger partial charge in [0.2, 0.25) is 0 Å². The molecule has 24 heavy (non-hydrogen) atoms. The number of carbonyl (C=O) groups excluding carboxylic acids is 1. The maximum atomic E-state index is 12.3. The van der Waals surface area contributed by atoms with Crippen molar-refractivity contribution in [3.63, 3.8) is 0 Å². The predicted octanol–water partition coefficient (Wildman–Crippen LogP) is 4.10. The second kappa shape index (κ2) is 5.89. The SMILES string of the molecule is COc1c2c(c(OCc3ccccc3)c3ccccc13)C(=O)OC2. The van der Waals surface area contributed by atoms with Crippen molar-refractivity contribution in [3.8, 4) is 11.5 Å². The summed E-state index contributed by atoms with van der Waals surface area (Å²) in [6, 6.07) is 17.6. The van der Waals surface area contributed by atoms with Crippen LogP contribution in [-0.4, -0.2) is 13.1 Å². The van der Waals surface area contributed by atoms with Crippen molar-refractivity contribution in [1.82, 2.24) is 0 Å². The van der Waals surface area contributed by atoms with Gasteiger partial charge in [-0.05, 0) is 5.56 Å². The van der Waals surface area contributed by atoms with E-state index in [1.807, 2.05) is 54.6 Å². The Morgan fingerprint density at radius 1 is 0.958 bits per heavy atom. The van der Waals surface area contributed by atoms with E-state index >= 15 is 0 Å². The van der Waals surface area contributed by atoms with Crippen LogP contribution in [0.1, 0.15) is 21.5 Å². The molecule has 1 heterocycles. The minimum absolute atomic E-state index is 0.212. The Labute approximate surface area is 139 Å². The highest BCUT2D eigenvalue weighted by molar-refractivity contribution is 6.07. The summed E-state index contributed by atoms with van der Waals surface area (Å²) in [6.45, 7) is 0.598. The standard InChI is InChI=1S/C20H16O4/c1-22-18-14-9-5-6-10-15(14)19(17-16(18)12-24-20(17)21)23-11-13-7-3-2-4-8-13/h2-10H,11-12H2,1H3. The molecule has 0 aromatic heterocycles. The van der Waals surface area contributed by atoms with Crippen molar-refractivity contribution in [2.24, 2.45) is 0 Å². The van der Waals surface area contributed by atoms with Crippen molar-refractivity contribution in [3.05, 3.63) is 71.3 Å². The second-order valence-corrected chi connectivity index (χ2v) is 5.61. The van der Waals surface area contributed by atoms with E-state index < -0.39 is 0 Å². The number of fused-ring (bicyclic) bond motifs is 2. The molecule has 0 N–H and O–H groups in total. The fourth-order valence-corrected chi connectivity index (χ4v) is 3.10. The summed E-state index contributed by atoms with van der Waals surface area (Å²) in [7, 11) is 1.61. The lowest BCUT2D eigenvalue weighted by Crippen LogP contribution is -2.04. The van der Waals surface area contributed by atoms with Crippen LogP contribution in [0, 0.1) is 0 Å². The molecule has 0 amide bonds. The smallest absolute Gasteiger partial charge is 0.342 e. The van der Waals surface area contributed by atoms with Gasteiger partial charge in [0, 0.05) is 10.8 Å². The molecule has 4 rings (SSSR count). The van der Waals surface area contributed by atoms with Gasteiger partial charge in [-0.3, -0.25) is 0 Å². The van der Waals surface area contributed by atoms with Gasteiger partial charge < -0.3 is 14.2 Å². The third-order valence-corrected chi connectivity index (χ3v) is 4.20. The summed E-state index contributed by atoms with van der Waals surface area (Å²) in [4.78, 5) is 12.3. The van der Waals surface area contributed by atoms with Crippen LogP contribution in [-0.2, 0) is 18.0 Å². The zero-order chi connectivity index (χ0) is 16.5. The molecule has 0 saturated heterocycles. The number of hydrogen-bond acceptors (Lipinski definition) is 4. The first kappa shape index (κ1) is 14.6. The van der Waals surface area contributed by atoms with Crippen LogP contribution >= 0.6 is 0 Å². The quantitative estimate of drug-likeness (QED) is 0.679. The van der Waals surface area contributed by atoms with Gasteiger partial charge in [0.1, 0.15) is 30.3 Å². The van der Waals surface area contributed by atoms with Gasteiger partial charge in [0.15, 0.2) is 0 Å².